The first-order valence-corrected chi connectivity index (χ1v) is 11.4. The highest BCUT2D eigenvalue weighted by molar-refractivity contribution is 5.92. The first-order valence-electron chi connectivity index (χ1n) is 11.4. The van der Waals surface area contributed by atoms with Gasteiger partial charge in [0.1, 0.15) is 0 Å². The van der Waals surface area contributed by atoms with E-state index in [4.69, 9.17) is 28.4 Å². The molecule has 2 aromatic rings. The average Bonchev–Trinajstić information content (AvgIpc) is 2.93. The van der Waals surface area contributed by atoms with Crippen LogP contribution in [0.5, 0.6) is 34.5 Å². The van der Waals surface area contributed by atoms with E-state index < -0.39 is 0 Å². The molecule has 0 atom stereocenters. The van der Waals surface area contributed by atoms with Crippen LogP contribution < -0.4 is 39.1 Å². The van der Waals surface area contributed by atoms with Crippen LogP contribution in [0.15, 0.2) is 36.4 Å². The Balaban J connectivity index is 1.81. The van der Waals surface area contributed by atoms with Crippen LogP contribution >= 0.6 is 0 Å². The molecule has 37 heavy (non-hydrogen) atoms. The zero-order valence-corrected chi connectivity index (χ0v) is 22.0. The van der Waals surface area contributed by atoms with Crippen LogP contribution in [-0.2, 0) is 9.59 Å². The van der Waals surface area contributed by atoms with Gasteiger partial charge in [-0.25, -0.2) is 0 Å². The Bertz CT molecular complexity index is 990. The Morgan fingerprint density at radius 2 is 0.919 bits per heavy atom. The van der Waals surface area contributed by atoms with E-state index in [9.17, 15) is 9.59 Å². The highest BCUT2D eigenvalue weighted by Gasteiger charge is 2.13. The number of nitrogens with one attached hydrogen (secondary N) is 2. The molecule has 0 spiro atoms. The van der Waals surface area contributed by atoms with E-state index >= 15 is 0 Å². The number of hydrogen-bond donors (Lipinski definition) is 2. The van der Waals surface area contributed by atoms with Crippen molar-refractivity contribution in [2.45, 2.75) is 6.42 Å². The van der Waals surface area contributed by atoms with Gasteiger partial charge < -0.3 is 39.1 Å². The van der Waals surface area contributed by atoms with Crippen LogP contribution in [0.25, 0.3) is 12.2 Å². The van der Waals surface area contributed by atoms with Gasteiger partial charge in [0.05, 0.1) is 42.7 Å². The molecule has 0 saturated carbocycles. The number of benzene rings is 2. The largest absolute Gasteiger partial charge is 0.493 e. The Hall–Kier alpha value is -4.34. The summed E-state index contributed by atoms with van der Waals surface area (Å²) < 4.78 is 31.8. The Morgan fingerprint density at radius 1 is 0.595 bits per heavy atom. The lowest BCUT2D eigenvalue weighted by Gasteiger charge is -2.12. The molecule has 2 rings (SSSR count). The van der Waals surface area contributed by atoms with E-state index in [0.717, 1.165) is 11.1 Å². The van der Waals surface area contributed by atoms with Crippen molar-refractivity contribution in [1.29, 1.82) is 0 Å². The van der Waals surface area contributed by atoms with E-state index in [0.29, 0.717) is 54.0 Å². The zero-order valence-electron chi connectivity index (χ0n) is 22.0. The molecule has 0 aliphatic heterocycles. The van der Waals surface area contributed by atoms with E-state index in [2.05, 4.69) is 10.6 Å². The quantitative estimate of drug-likeness (QED) is 0.292. The molecular formula is C27H34N2O8. The number of rotatable bonds is 14. The van der Waals surface area contributed by atoms with E-state index in [1.165, 1.54) is 54.8 Å². The average molecular weight is 515 g/mol. The second-order valence-electron chi connectivity index (χ2n) is 7.52. The first-order chi connectivity index (χ1) is 17.9. The fourth-order valence-electron chi connectivity index (χ4n) is 3.37. The number of methoxy groups -OCH3 is 6. The van der Waals surface area contributed by atoms with Crippen molar-refractivity contribution >= 4 is 24.0 Å². The Morgan fingerprint density at radius 3 is 1.19 bits per heavy atom. The van der Waals surface area contributed by atoms with Crippen LogP contribution in [0.1, 0.15) is 17.5 Å². The van der Waals surface area contributed by atoms with Gasteiger partial charge in [-0.3, -0.25) is 9.59 Å². The number of carbonyl (C=O) groups is 2. The highest BCUT2D eigenvalue weighted by atomic mass is 16.5. The molecule has 10 heteroatoms. The van der Waals surface area contributed by atoms with Crippen LogP contribution in [0.4, 0.5) is 0 Å². The number of amides is 2. The van der Waals surface area contributed by atoms with Gasteiger partial charge in [0.15, 0.2) is 23.0 Å². The summed E-state index contributed by atoms with van der Waals surface area (Å²) in [5.41, 5.74) is 1.44. The predicted molar refractivity (Wildman–Crippen MR) is 141 cm³/mol. The van der Waals surface area contributed by atoms with E-state index in [1.807, 2.05) is 0 Å². The molecule has 0 unspecified atom stereocenters. The molecule has 10 nitrogen and oxygen atoms in total. The first kappa shape index (κ1) is 28.9. The third-order valence-corrected chi connectivity index (χ3v) is 5.18. The molecule has 0 radical (unpaired) electrons. The zero-order chi connectivity index (χ0) is 27.2. The summed E-state index contributed by atoms with van der Waals surface area (Å²) in [6.07, 6.45) is 6.69. The van der Waals surface area contributed by atoms with Gasteiger partial charge in [-0.1, -0.05) is 0 Å². The van der Waals surface area contributed by atoms with Gasteiger partial charge in [0.25, 0.3) is 0 Å². The van der Waals surface area contributed by atoms with Crippen molar-refractivity contribution in [3.05, 3.63) is 47.5 Å². The molecule has 0 aliphatic rings. The molecule has 200 valence electrons. The summed E-state index contributed by atoms with van der Waals surface area (Å²) in [6, 6.07) is 6.97. The lowest BCUT2D eigenvalue weighted by molar-refractivity contribution is -0.116. The van der Waals surface area contributed by atoms with E-state index in [-0.39, 0.29) is 11.8 Å². The van der Waals surface area contributed by atoms with Crippen molar-refractivity contribution < 1.29 is 38.0 Å². The minimum atomic E-state index is -0.262. The normalized spacial score (nSPS) is 10.8. The molecule has 0 aliphatic carbocycles. The number of carbonyl (C=O) groups excluding carboxylic acids is 2. The summed E-state index contributed by atoms with van der Waals surface area (Å²) in [7, 11) is 9.16. The molecule has 0 fully saturated rings. The van der Waals surface area contributed by atoms with Gasteiger partial charge in [-0.15, -0.1) is 0 Å². The number of hydrogen-bond acceptors (Lipinski definition) is 8. The van der Waals surface area contributed by atoms with Crippen molar-refractivity contribution in [1.82, 2.24) is 10.6 Å². The third kappa shape index (κ3) is 8.38. The summed E-state index contributed by atoms with van der Waals surface area (Å²) in [5.74, 6) is 2.42. The molecule has 0 aromatic heterocycles. The SMILES string of the molecule is COc1cc(/C=C/C(=O)NCCCNC(=O)/C=C/c2cc(OC)c(OC)c(OC)c2)cc(OC)c1OC. The minimum absolute atomic E-state index is 0.262. The van der Waals surface area contributed by atoms with Gasteiger partial charge >= 0.3 is 0 Å². The highest BCUT2D eigenvalue weighted by Crippen LogP contribution is 2.39. The lowest BCUT2D eigenvalue weighted by atomic mass is 10.1. The van der Waals surface area contributed by atoms with Crippen LogP contribution in [0.3, 0.4) is 0 Å². The fourth-order valence-corrected chi connectivity index (χ4v) is 3.37. The topological polar surface area (TPSA) is 114 Å². The maximum absolute atomic E-state index is 12.1. The molecule has 0 bridgehead atoms. The van der Waals surface area contributed by atoms with Crippen LogP contribution in [-0.4, -0.2) is 67.6 Å². The minimum Gasteiger partial charge on any atom is -0.493 e. The van der Waals surface area contributed by atoms with Gasteiger partial charge in [0.2, 0.25) is 23.3 Å². The molecule has 2 aromatic carbocycles. The second kappa shape index (κ2) is 14.9. The fraction of sp³-hybridized carbons (Fsp3) is 0.333. The third-order valence-electron chi connectivity index (χ3n) is 5.18. The van der Waals surface area contributed by atoms with Crippen molar-refractivity contribution in [3.63, 3.8) is 0 Å². The van der Waals surface area contributed by atoms with E-state index in [1.54, 1.807) is 36.4 Å². The molecule has 0 saturated heterocycles. The smallest absolute Gasteiger partial charge is 0.244 e. The molecule has 2 amide bonds. The van der Waals surface area contributed by atoms with Gasteiger partial charge in [-0.05, 0) is 54.0 Å². The van der Waals surface area contributed by atoms with Crippen molar-refractivity contribution in [2.75, 3.05) is 55.7 Å². The maximum Gasteiger partial charge on any atom is 0.244 e. The van der Waals surface area contributed by atoms with Crippen molar-refractivity contribution in [3.8, 4) is 34.5 Å². The Kier molecular flexibility index (Phi) is 11.7. The van der Waals surface area contributed by atoms with Crippen LogP contribution in [0, 0.1) is 0 Å². The van der Waals surface area contributed by atoms with Gasteiger partial charge in [-0.2, -0.15) is 0 Å². The standard InChI is InChI=1S/C27H34N2O8/c1-32-20-14-18(15-21(33-2)26(20)36-5)8-10-24(30)28-12-7-13-29-25(31)11-9-19-16-22(34-3)27(37-6)23(17-19)35-4/h8-11,14-17H,7,12-13H2,1-6H3,(H,28,30)(H,29,31)/b10-8+,11-9+. The molecule has 2 N–H and O–H groups in total. The number of ether oxygens (including phenoxy) is 6. The monoisotopic (exact) mass is 514 g/mol. The predicted octanol–water partition coefficient (Wildman–Crippen LogP) is 3.09. The van der Waals surface area contributed by atoms with Crippen molar-refractivity contribution in [2.24, 2.45) is 0 Å². The summed E-state index contributed by atoms with van der Waals surface area (Å²) in [6.45, 7) is 0.796. The molecule has 0 heterocycles. The maximum atomic E-state index is 12.1. The second-order valence-corrected chi connectivity index (χ2v) is 7.52. The molecular weight excluding hydrogens is 480 g/mol. The summed E-state index contributed by atoms with van der Waals surface area (Å²) >= 11 is 0. The van der Waals surface area contributed by atoms with Gasteiger partial charge in [0, 0.05) is 25.2 Å². The summed E-state index contributed by atoms with van der Waals surface area (Å²) in [5, 5.41) is 5.56. The lowest BCUT2D eigenvalue weighted by Crippen LogP contribution is -2.28. The Labute approximate surface area is 217 Å². The van der Waals surface area contributed by atoms with Crippen LogP contribution in [0.2, 0.25) is 0 Å². The summed E-state index contributed by atoms with van der Waals surface area (Å²) in [4.78, 5) is 24.3.